The highest BCUT2D eigenvalue weighted by atomic mass is 33.1. The van der Waals surface area contributed by atoms with Gasteiger partial charge < -0.3 is 9.90 Å². The Bertz CT molecular complexity index is 985. The molecule has 1 aliphatic carbocycles. The molecule has 0 radical (unpaired) electrons. The smallest absolute Gasteiger partial charge is 0.304 e. The second kappa shape index (κ2) is 13.4. The van der Waals surface area contributed by atoms with Crippen LogP contribution in [0.2, 0.25) is 0 Å². The molecule has 1 aromatic rings. The van der Waals surface area contributed by atoms with Gasteiger partial charge in [-0.1, -0.05) is 45.9 Å². The molecule has 2 heterocycles. The van der Waals surface area contributed by atoms with E-state index in [9.17, 15) is 28.8 Å². The van der Waals surface area contributed by atoms with Crippen molar-refractivity contribution in [1.82, 2.24) is 10.6 Å². The molecule has 0 unspecified atom stereocenters. The molecule has 2 aliphatic heterocycles. The summed E-state index contributed by atoms with van der Waals surface area (Å²) in [6.07, 6.45) is 6.80. The summed E-state index contributed by atoms with van der Waals surface area (Å²) in [5.41, 5.74) is 2.15. The number of nitrogens with one attached hydrogen (secondary N) is 2. The first kappa shape index (κ1) is 26.1. The van der Waals surface area contributed by atoms with Crippen LogP contribution in [0.15, 0.2) is 47.6 Å². The Morgan fingerprint density at radius 2 is 1.55 bits per heavy atom. The summed E-state index contributed by atoms with van der Waals surface area (Å²) in [5.74, 6) is -0.452. The normalized spacial score (nSPS) is 15.4. The van der Waals surface area contributed by atoms with Gasteiger partial charge in [0.1, 0.15) is 6.29 Å². The third kappa shape index (κ3) is 8.03. The third-order valence-corrected chi connectivity index (χ3v) is 6.80. The molecular weight excluding hydrogens is 468 g/mol. The monoisotopic (exact) mass is 490 g/mol. The molecule has 33 heavy (non-hydrogen) atoms. The Hall–Kier alpha value is -3.18. The Morgan fingerprint density at radius 3 is 2.12 bits per heavy atom. The average molecular weight is 491 g/mol. The van der Waals surface area contributed by atoms with Crippen LogP contribution in [0.3, 0.4) is 0 Å². The van der Waals surface area contributed by atoms with E-state index in [0.717, 1.165) is 18.5 Å². The predicted molar refractivity (Wildman–Crippen MR) is 125 cm³/mol. The van der Waals surface area contributed by atoms with Crippen molar-refractivity contribution in [1.29, 1.82) is 0 Å². The molecule has 0 atom stereocenters. The van der Waals surface area contributed by atoms with Crippen LogP contribution >= 0.6 is 21.6 Å². The molecule has 11 heteroatoms. The van der Waals surface area contributed by atoms with Crippen LogP contribution in [0.5, 0.6) is 0 Å². The Balaban J connectivity index is 0.000000175. The zero-order valence-electron chi connectivity index (χ0n) is 17.5. The second-order valence-electron chi connectivity index (χ2n) is 6.69. The summed E-state index contributed by atoms with van der Waals surface area (Å²) in [6.45, 7) is 0. The number of aldehydes is 1. The van der Waals surface area contributed by atoms with Gasteiger partial charge in [0.15, 0.2) is 0 Å². The predicted octanol–water partition coefficient (Wildman–Crippen LogP) is 2.29. The summed E-state index contributed by atoms with van der Waals surface area (Å²) >= 11 is 0. The molecule has 3 N–H and O–H groups in total. The van der Waals surface area contributed by atoms with E-state index in [4.69, 9.17) is 5.11 Å². The number of rotatable bonds is 7. The van der Waals surface area contributed by atoms with Crippen molar-refractivity contribution in [2.24, 2.45) is 0 Å². The molecule has 0 saturated heterocycles. The number of amides is 4. The maximum Gasteiger partial charge on any atom is 0.304 e. The summed E-state index contributed by atoms with van der Waals surface area (Å²) in [7, 11) is 3.04. The van der Waals surface area contributed by atoms with Gasteiger partial charge in [-0.25, -0.2) is 0 Å². The minimum absolute atomic E-state index is 0.193. The lowest BCUT2D eigenvalue weighted by Crippen LogP contribution is -2.22. The van der Waals surface area contributed by atoms with E-state index in [2.05, 4.69) is 10.6 Å². The minimum atomic E-state index is -0.770. The first-order valence-corrected chi connectivity index (χ1v) is 12.4. The number of benzene rings is 1. The quantitative estimate of drug-likeness (QED) is 0.227. The minimum Gasteiger partial charge on any atom is -0.481 e. The van der Waals surface area contributed by atoms with Crippen LogP contribution in [0.25, 0.3) is 0 Å². The van der Waals surface area contributed by atoms with Crippen molar-refractivity contribution in [2.45, 2.75) is 25.7 Å². The SMILES string of the molecule is O=C1NC(=O)C2=C1C=CCC2.O=C1NC(=O)c2ccccc21.O=CCCSSCCC(=O)O. The molecule has 0 aromatic heterocycles. The highest BCUT2D eigenvalue weighted by molar-refractivity contribution is 8.76. The number of fused-ring (bicyclic) bond motifs is 1. The van der Waals surface area contributed by atoms with Crippen LogP contribution in [0, 0.1) is 0 Å². The first-order chi connectivity index (χ1) is 15.8. The number of carbonyl (C=O) groups excluding carboxylic acids is 5. The lowest BCUT2D eigenvalue weighted by molar-refractivity contribution is -0.136. The highest BCUT2D eigenvalue weighted by Gasteiger charge is 2.28. The number of imide groups is 2. The number of carbonyl (C=O) groups is 6. The summed E-state index contributed by atoms with van der Waals surface area (Å²) < 4.78 is 0. The maximum atomic E-state index is 11.0. The maximum absolute atomic E-state index is 11.0. The lowest BCUT2D eigenvalue weighted by atomic mass is 10.00. The van der Waals surface area contributed by atoms with Gasteiger partial charge in [-0.15, -0.1) is 0 Å². The molecule has 0 spiro atoms. The van der Waals surface area contributed by atoms with Crippen molar-refractivity contribution in [2.75, 3.05) is 11.5 Å². The van der Waals surface area contributed by atoms with Crippen molar-refractivity contribution >= 4 is 57.5 Å². The highest BCUT2D eigenvalue weighted by Crippen LogP contribution is 2.23. The van der Waals surface area contributed by atoms with Gasteiger partial charge in [-0.05, 0) is 25.0 Å². The third-order valence-electron chi connectivity index (χ3n) is 4.36. The van der Waals surface area contributed by atoms with Crippen LogP contribution < -0.4 is 10.6 Å². The fourth-order valence-corrected chi connectivity index (χ4v) is 4.75. The van der Waals surface area contributed by atoms with Crippen LogP contribution in [-0.2, 0) is 19.2 Å². The number of carboxylic acid groups (broad SMARTS) is 1. The summed E-state index contributed by atoms with van der Waals surface area (Å²) in [6, 6.07) is 6.74. The molecule has 3 aliphatic rings. The van der Waals surface area contributed by atoms with Crippen molar-refractivity contribution in [3.63, 3.8) is 0 Å². The molecule has 4 amide bonds. The van der Waals surface area contributed by atoms with Crippen LogP contribution in [0.1, 0.15) is 46.4 Å². The fraction of sp³-hybridized carbons (Fsp3) is 0.273. The molecule has 0 bridgehead atoms. The second-order valence-corrected chi connectivity index (χ2v) is 9.39. The van der Waals surface area contributed by atoms with Gasteiger partial charge in [-0.2, -0.15) is 0 Å². The molecule has 0 saturated carbocycles. The molecule has 174 valence electrons. The van der Waals surface area contributed by atoms with E-state index < -0.39 is 5.97 Å². The fourth-order valence-electron chi connectivity index (χ4n) is 2.82. The van der Waals surface area contributed by atoms with Crippen LogP contribution in [0.4, 0.5) is 0 Å². The van der Waals surface area contributed by atoms with E-state index in [1.807, 2.05) is 6.08 Å². The Kier molecular flexibility index (Phi) is 10.6. The standard InChI is InChI=1S/C8H7NO2.C8H5NO2.C6H10O3S2/c2*10-7-5-3-1-2-4-6(5)8(11)9-7;7-3-1-4-10-11-5-2-6(8)9/h1,3H,2,4H2,(H,9,10,11);1-4H,(H,9,10,11);3H,1-2,4-5H2,(H,8,9). The van der Waals surface area contributed by atoms with Gasteiger partial charge >= 0.3 is 5.97 Å². The lowest BCUT2D eigenvalue weighted by Gasteiger charge is -2.01. The number of hydrogen-bond acceptors (Lipinski definition) is 8. The van der Waals surface area contributed by atoms with E-state index in [1.165, 1.54) is 10.8 Å². The van der Waals surface area contributed by atoms with Gasteiger partial charge in [0.05, 0.1) is 17.5 Å². The number of carboxylic acids is 1. The molecule has 4 rings (SSSR count). The number of allylic oxidation sites excluding steroid dienone is 1. The van der Waals surface area contributed by atoms with E-state index in [-0.39, 0.29) is 30.0 Å². The largest absolute Gasteiger partial charge is 0.481 e. The van der Waals surface area contributed by atoms with Crippen molar-refractivity contribution in [3.05, 3.63) is 58.7 Å². The Morgan fingerprint density at radius 1 is 0.939 bits per heavy atom. The number of hydrogen-bond donors (Lipinski definition) is 3. The van der Waals surface area contributed by atoms with E-state index >= 15 is 0 Å². The summed E-state index contributed by atoms with van der Waals surface area (Å²) in [5, 5.41) is 12.7. The van der Waals surface area contributed by atoms with Crippen LogP contribution in [-0.4, -0.2) is 52.5 Å². The average Bonchev–Trinajstić information content (AvgIpc) is 3.26. The zero-order chi connectivity index (χ0) is 24.2. The van der Waals surface area contributed by atoms with Gasteiger partial charge in [-0.3, -0.25) is 34.6 Å². The van der Waals surface area contributed by atoms with E-state index in [0.29, 0.717) is 40.9 Å². The number of aliphatic carboxylic acids is 1. The molecule has 9 nitrogen and oxygen atoms in total. The molecular formula is C22H22N2O7S2. The Labute approximate surface area is 197 Å². The van der Waals surface area contributed by atoms with E-state index in [1.54, 1.807) is 41.1 Å². The van der Waals surface area contributed by atoms with Gasteiger partial charge in [0.25, 0.3) is 23.6 Å². The zero-order valence-corrected chi connectivity index (χ0v) is 19.1. The first-order valence-electron chi connectivity index (χ1n) is 9.95. The van der Waals surface area contributed by atoms with Gasteiger partial charge in [0.2, 0.25) is 0 Å². The summed E-state index contributed by atoms with van der Waals surface area (Å²) in [4.78, 5) is 63.7. The molecule has 1 aromatic carbocycles. The molecule has 0 fully saturated rings. The topological polar surface area (TPSA) is 147 Å². The van der Waals surface area contributed by atoms with Crippen molar-refractivity contribution in [3.8, 4) is 0 Å². The van der Waals surface area contributed by atoms with Crippen molar-refractivity contribution < 1.29 is 33.9 Å². The van der Waals surface area contributed by atoms with Gasteiger partial charge in [0, 0.05) is 29.1 Å².